The second kappa shape index (κ2) is 7.35. The van der Waals surface area contributed by atoms with Gasteiger partial charge in [0.15, 0.2) is 0 Å². The Bertz CT molecular complexity index is 666. The molecule has 1 aromatic carbocycles. The summed E-state index contributed by atoms with van der Waals surface area (Å²) in [5.74, 6) is -0.846. The van der Waals surface area contributed by atoms with Crippen molar-refractivity contribution in [3.8, 4) is 11.5 Å². The molecule has 22 heavy (non-hydrogen) atoms. The van der Waals surface area contributed by atoms with Crippen molar-refractivity contribution in [2.24, 2.45) is 0 Å². The first-order chi connectivity index (χ1) is 10.6. The standard InChI is InChI=1S/C15H17N3O4/c1-3-21-15(20)13(19)16-9-8-12-17-18-14(22-12)11-7-5-4-6-10(11)2/h4-7H,3,8-9H2,1-2H3,(H,16,19). The van der Waals surface area contributed by atoms with Crippen LogP contribution in [0.4, 0.5) is 0 Å². The molecule has 0 aliphatic rings. The van der Waals surface area contributed by atoms with Gasteiger partial charge in [-0.2, -0.15) is 0 Å². The zero-order valence-corrected chi connectivity index (χ0v) is 12.5. The van der Waals surface area contributed by atoms with Crippen LogP contribution in [-0.2, 0) is 20.7 Å². The van der Waals surface area contributed by atoms with E-state index >= 15 is 0 Å². The topological polar surface area (TPSA) is 94.3 Å². The van der Waals surface area contributed by atoms with Gasteiger partial charge in [0.25, 0.3) is 0 Å². The van der Waals surface area contributed by atoms with Crippen LogP contribution >= 0.6 is 0 Å². The first kappa shape index (κ1) is 15.7. The lowest BCUT2D eigenvalue weighted by Gasteiger charge is -2.02. The molecule has 1 amide bonds. The molecule has 0 spiro atoms. The van der Waals surface area contributed by atoms with Gasteiger partial charge in [-0.05, 0) is 25.5 Å². The summed E-state index contributed by atoms with van der Waals surface area (Å²) in [6, 6.07) is 7.68. The van der Waals surface area contributed by atoms with Gasteiger partial charge in [0, 0.05) is 18.5 Å². The molecular formula is C15H17N3O4. The summed E-state index contributed by atoms with van der Waals surface area (Å²) < 4.78 is 10.1. The molecule has 2 rings (SSSR count). The first-order valence-corrected chi connectivity index (χ1v) is 6.95. The van der Waals surface area contributed by atoms with E-state index in [1.807, 2.05) is 31.2 Å². The number of esters is 1. The maximum Gasteiger partial charge on any atom is 0.396 e. The average molecular weight is 303 g/mol. The summed E-state index contributed by atoms with van der Waals surface area (Å²) in [6.45, 7) is 3.97. The fourth-order valence-electron chi connectivity index (χ4n) is 1.83. The van der Waals surface area contributed by atoms with Crippen molar-refractivity contribution in [2.75, 3.05) is 13.2 Å². The second-order valence-corrected chi connectivity index (χ2v) is 4.54. The molecular weight excluding hydrogens is 286 g/mol. The van der Waals surface area contributed by atoms with E-state index in [0.29, 0.717) is 18.2 Å². The summed E-state index contributed by atoms with van der Waals surface area (Å²) in [5, 5.41) is 10.4. The number of aryl methyl sites for hydroxylation is 1. The third kappa shape index (κ3) is 3.91. The van der Waals surface area contributed by atoms with Crippen molar-refractivity contribution in [1.29, 1.82) is 0 Å². The number of hydrogen-bond acceptors (Lipinski definition) is 6. The summed E-state index contributed by atoms with van der Waals surface area (Å²) in [6.07, 6.45) is 0.337. The van der Waals surface area contributed by atoms with Crippen LogP contribution in [0.25, 0.3) is 11.5 Å². The smallest absolute Gasteiger partial charge is 0.396 e. The molecule has 0 bridgehead atoms. The molecule has 0 saturated carbocycles. The van der Waals surface area contributed by atoms with Crippen LogP contribution in [0.15, 0.2) is 28.7 Å². The normalized spacial score (nSPS) is 10.3. The van der Waals surface area contributed by atoms with Crippen LogP contribution in [0, 0.1) is 6.92 Å². The maximum absolute atomic E-state index is 11.3. The number of nitrogens with one attached hydrogen (secondary N) is 1. The van der Waals surface area contributed by atoms with Crippen molar-refractivity contribution in [3.05, 3.63) is 35.7 Å². The molecule has 2 aromatic rings. The van der Waals surface area contributed by atoms with Crippen molar-refractivity contribution in [1.82, 2.24) is 15.5 Å². The molecule has 0 radical (unpaired) electrons. The monoisotopic (exact) mass is 303 g/mol. The van der Waals surface area contributed by atoms with E-state index < -0.39 is 11.9 Å². The zero-order chi connectivity index (χ0) is 15.9. The quantitative estimate of drug-likeness (QED) is 0.660. The number of carbonyl (C=O) groups is 2. The Morgan fingerprint density at radius 2 is 2.05 bits per heavy atom. The highest BCUT2D eigenvalue weighted by Gasteiger charge is 2.15. The molecule has 0 atom stereocenters. The molecule has 0 saturated heterocycles. The van der Waals surface area contributed by atoms with Gasteiger partial charge in [0.1, 0.15) is 0 Å². The number of carbonyl (C=O) groups excluding carboxylic acids is 2. The zero-order valence-electron chi connectivity index (χ0n) is 12.5. The molecule has 7 nitrogen and oxygen atoms in total. The number of ether oxygens (including phenoxy) is 1. The second-order valence-electron chi connectivity index (χ2n) is 4.54. The Morgan fingerprint density at radius 1 is 1.27 bits per heavy atom. The highest BCUT2D eigenvalue weighted by molar-refractivity contribution is 6.32. The molecule has 0 unspecified atom stereocenters. The minimum Gasteiger partial charge on any atom is -0.459 e. The van der Waals surface area contributed by atoms with E-state index in [1.165, 1.54) is 0 Å². The predicted molar refractivity (Wildman–Crippen MR) is 77.8 cm³/mol. The minimum absolute atomic E-state index is 0.162. The van der Waals surface area contributed by atoms with Crippen LogP contribution in [-0.4, -0.2) is 35.2 Å². The summed E-state index contributed by atoms with van der Waals surface area (Å²) in [7, 11) is 0. The molecule has 1 aromatic heterocycles. The van der Waals surface area contributed by atoms with Crippen LogP contribution < -0.4 is 5.32 Å². The number of benzene rings is 1. The van der Waals surface area contributed by atoms with Crippen LogP contribution in [0.2, 0.25) is 0 Å². The van der Waals surface area contributed by atoms with E-state index in [9.17, 15) is 9.59 Å². The van der Waals surface area contributed by atoms with E-state index in [-0.39, 0.29) is 13.2 Å². The number of hydrogen-bond donors (Lipinski definition) is 1. The van der Waals surface area contributed by atoms with Crippen molar-refractivity contribution in [3.63, 3.8) is 0 Å². The van der Waals surface area contributed by atoms with Gasteiger partial charge in [-0.1, -0.05) is 18.2 Å². The number of rotatable bonds is 5. The fourth-order valence-corrected chi connectivity index (χ4v) is 1.83. The first-order valence-electron chi connectivity index (χ1n) is 6.95. The van der Waals surface area contributed by atoms with E-state index in [2.05, 4.69) is 20.3 Å². The molecule has 1 heterocycles. The van der Waals surface area contributed by atoms with Gasteiger partial charge in [0.2, 0.25) is 11.8 Å². The molecule has 116 valence electrons. The fraction of sp³-hybridized carbons (Fsp3) is 0.333. The number of aromatic nitrogens is 2. The highest BCUT2D eigenvalue weighted by atomic mass is 16.5. The Hall–Kier alpha value is -2.70. The lowest BCUT2D eigenvalue weighted by molar-refractivity contribution is -0.154. The Labute approximate surface area is 127 Å². The average Bonchev–Trinajstić information content (AvgIpc) is 2.96. The molecule has 0 aliphatic carbocycles. The maximum atomic E-state index is 11.3. The molecule has 0 aliphatic heterocycles. The largest absolute Gasteiger partial charge is 0.459 e. The number of amides is 1. The lowest BCUT2D eigenvalue weighted by Crippen LogP contribution is -2.33. The van der Waals surface area contributed by atoms with Crippen molar-refractivity contribution < 1.29 is 18.7 Å². The van der Waals surface area contributed by atoms with Gasteiger partial charge in [-0.3, -0.25) is 4.79 Å². The van der Waals surface area contributed by atoms with E-state index in [4.69, 9.17) is 4.42 Å². The summed E-state index contributed by atoms with van der Waals surface area (Å²) in [5.41, 5.74) is 1.91. The van der Waals surface area contributed by atoms with Crippen LogP contribution in [0.1, 0.15) is 18.4 Å². The van der Waals surface area contributed by atoms with E-state index in [1.54, 1.807) is 6.92 Å². The third-order valence-electron chi connectivity index (χ3n) is 2.93. The van der Waals surface area contributed by atoms with Crippen LogP contribution in [0.5, 0.6) is 0 Å². The Balaban J connectivity index is 1.89. The highest BCUT2D eigenvalue weighted by Crippen LogP contribution is 2.21. The summed E-state index contributed by atoms with van der Waals surface area (Å²) >= 11 is 0. The SMILES string of the molecule is CCOC(=O)C(=O)NCCc1nnc(-c2ccccc2C)o1. The Kier molecular flexibility index (Phi) is 5.24. The van der Waals surface area contributed by atoms with Crippen LogP contribution in [0.3, 0.4) is 0 Å². The molecule has 7 heteroatoms. The van der Waals surface area contributed by atoms with Gasteiger partial charge >= 0.3 is 11.9 Å². The summed E-state index contributed by atoms with van der Waals surface area (Å²) in [4.78, 5) is 22.5. The molecule has 1 N–H and O–H groups in total. The van der Waals surface area contributed by atoms with Gasteiger partial charge < -0.3 is 14.5 Å². The molecule has 0 fully saturated rings. The van der Waals surface area contributed by atoms with Gasteiger partial charge in [-0.25, -0.2) is 4.79 Å². The van der Waals surface area contributed by atoms with Crippen molar-refractivity contribution >= 4 is 11.9 Å². The third-order valence-corrected chi connectivity index (χ3v) is 2.93. The van der Waals surface area contributed by atoms with E-state index in [0.717, 1.165) is 11.1 Å². The lowest BCUT2D eigenvalue weighted by atomic mass is 10.1. The number of nitrogens with zero attached hydrogens (tertiary/aromatic N) is 2. The minimum atomic E-state index is -0.895. The Morgan fingerprint density at radius 3 is 2.77 bits per heavy atom. The van der Waals surface area contributed by atoms with Gasteiger partial charge in [0.05, 0.1) is 6.61 Å². The predicted octanol–water partition coefficient (Wildman–Crippen LogP) is 1.27. The van der Waals surface area contributed by atoms with Crippen molar-refractivity contribution in [2.45, 2.75) is 20.3 Å². The van der Waals surface area contributed by atoms with Gasteiger partial charge in [-0.15, -0.1) is 10.2 Å².